The highest BCUT2D eigenvalue weighted by Gasteiger charge is 2.11. The number of para-hydroxylation sites is 1. The molecule has 6 nitrogen and oxygen atoms in total. The largest absolute Gasteiger partial charge is 0.493 e. The van der Waals surface area contributed by atoms with Gasteiger partial charge in [-0.3, -0.25) is 4.79 Å². The number of aromatic nitrogens is 2. The molecule has 0 amide bonds. The number of methoxy groups -OCH3 is 1. The molecule has 0 bridgehead atoms. The Bertz CT molecular complexity index is 893. The van der Waals surface area contributed by atoms with Crippen molar-refractivity contribution in [2.24, 2.45) is 0 Å². The van der Waals surface area contributed by atoms with E-state index >= 15 is 0 Å². The highest BCUT2D eigenvalue weighted by molar-refractivity contribution is 7.99. The number of aldehydes is 1. The van der Waals surface area contributed by atoms with Gasteiger partial charge in [-0.05, 0) is 37.6 Å². The van der Waals surface area contributed by atoms with E-state index in [0.717, 1.165) is 24.0 Å². The van der Waals surface area contributed by atoms with Gasteiger partial charge < -0.3 is 13.9 Å². The number of nitrogens with zero attached hydrogens (tertiary/aromatic N) is 2. The van der Waals surface area contributed by atoms with E-state index in [2.05, 4.69) is 10.2 Å². The number of benzene rings is 2. The van der Waals surface area contributed by atoms with Crippen molar-refractivity contribution in [2.45, 2.75) is 18.6 Å². The van der Waals surface area contributed by atoms with Crippen LogP contribution >= 0.6 is 11.8 Å². The van der Waals surface area contributed by atoms with Crippen molar-refractivity contribution in [3.05, 3.63) is 53.6 Å². The molecule has 0 N–H and O–H groups in total. The molecule has 0 spiro atoms. The molecule has 2 aromatic carbocycles. The Balaban J connectivity index is 1.49. The minimum Gasteiger partial charge on any atom is -0.493 e. The van der Waals surface area contributed by atoms with Gasteiger partial charge in [0.25, 0.3) is 5.22 Å². The summed E-state index contributed by atoms with van der Waals surface area (Å²) in [7, 11) is 1.55. The van der Waals surface area contributed by atoms with Crippen LogP contribution in [0.2, 0.25) is 0 Å². The summed E-state index contributed by atoms with van der Waals surface area (Å²) in [4.78, 5) is 11.1. The van der Waals surface area contributed by atoms with Crippen LogP contribution in [0.25, 0.3) is 11.5 Å². The SMILES string of the molecule is COc1cccc(C=O)c1OCCCSc1nnc(-c2ccc(C)cc2)o1. The maximum absolute atomic E-state index is 11.1. The first-order chi connectivity index (χ1) is 13.2. The Morgan fingerprint density at radius 3 is 2.70 bits per heavy atom. The maximum Gasteiger partial charge on any atom is 0.276 e. The van der Waals surface area contributed by atoms with Gasteiger partial charge in [0.15, 0.2) is 17.8 Å². The third-order valence-corrected chi connectivity index (χ3v) is 4.73. The summed E-state index contributed by atoms with van der Waals surface area (Å²) in [6.45, 7) is 2.48. The van der Waals surface area contributed by atoms with Gasteiger partial charge >= 0.3 is 0 Å². The molecule has 3 rings (SSSR count). The van der Waals surface area contributed by atoms with Crippen LogP contribution in [0.4, 0.5) is 0 Å². The van der Waals surface area contributed by atoms with E-state index < -0.39 is 0 Å². The second-order valence-corrected chi connectivity index (χ2v) is 6.83. The summed E-state index contributed by atoms with van der Waals surface area (Å²) < 4.78 is 16.7. The van der Waals surface area contributed by atoms with E-state index in [4.69, 9.17) is 13.9 Å². The van der Waals surface area contributed by atoms with E-state index in [1.54, 1.807) is 25.3 Å². The highest BCUT2D eigenvalue weighted by Crippen LogP contribution is 2.30. The molecule has 0 atom stereocenters. The average Bonchev–Trinajstić information content (AvgIpc) is 3.17. The predicted molar refractivity (Wildman–Crippen MR) is 104 cm³/mol. The zero-order chi connectivity index (χ0) is 19.1. The third-order valence-electron chi connectivity index (χ3n) is 3.82. The van der Waals surface area contributed by atoms with Crippen molar-refractivity contribution in [1.82, 2.24) is 10.2 Å². The lowest BCUT2D eigenvalue weighted by molar-refractivity contribution is 0.111. The molecule has 0 unspecified atom stereocenters. The molecule has 0 aliphatic rings. The number of hydrogen-bond donors (Lipinski definition) is 0. The Hall–Kier alpha value is -2.80. The van der Waals surface area contributed by atoms with Gasteiger partial charge in [0.2, 0.25) is 5.89 Å². The van der Waals surface area contributed by atoms with Gasteiger partial charge in [0.05, 0.1) is 19.3 Å². The molecule has 0 aliphatic heterocycles. The summed E-state index contributed by atoms with van der Waals surface area (Å²) in [5, 5.41) is 8.67. The fourth-order valence-electron chi connectivity index (χ4n) is 2.41. The summed E-state index contributed by atoms with van der Waals surface area (Å²) in [5.74, 6) is 2.28. The Morgan fingerprint density at radius 2 is 1.96 bits per heavy atom. The van der Waals surface area contributed by atoms with E-state index in [1.807, 2.05) is 31.2 Å². The number of aryl methyl sites for hydroxylation is 1. The predicted octanol–water partition coefficient (Wildman–Crippen LogP) is 4.43. The first-order valence-electron chi connectivity index (χ1n) is 8.49. The van der Waals surface area contributed by atoms with E-state index in [9.17, 15) is 4.79 Å². The number of hydrogen-bond acceptors (Lipinski definition) is 7. The number of ether oxygens (including phenoxy) is 2. The van der Waals surface area contributed by atoms with E-state index in [-0.39, 0.29) is 0 Å². The fraction of sp³-hybridized carbons (Fsp3) is 0.250. The van der Waals surface area contributed by atoms with Crippen LogP contribution in [0, 0.1) is 6.92 Å². The van der Waals surface area contributed by atoms with Gasteiger partial charge in [-0.15, -0.1) is 10.2 Å². The smallest absolute Gasteiger partial charge is 0.276 e. The molecule has 7 heteroatoms. The maximum atomic E-state index is 11.1. The molecule has 3 aromatic rings. The second-order valence-electron chi connectivity index (χ2n) is 5.79. The van der Waals surface area contributed by atoms with E-state index in [1.165, 1.54) is 17.3 Å². The summed E-state index contributed by atoms with van der Waals surface area (Å²) >= 11 is 1.47. The first kappa shape index (κ1) is 19.0. The molecule has 27 heavy (non-hydrogen) atoms. The van der Waals surface area contributed by atoms with Crippen LogP contribution in [0.1, 0.15) is 22.3 Å². The summed E-state index contributed by atoms with van der Waals surface area (Å²) in [6.07, 6.45) is 1.51. The average molecular weight is 384 g/mol. The molecule has 140 valence electrons. The minimum atomic E-state index is 0.452. The molecule has 0 saturated carbocycles. The van der Waals surface area contributed by atoms with Crippen LogP contribution in [0.5, 0.6) is 11.5 Å². The highest BCUT2D eigenvalue weighted by atomic mass is 32.2. The van der Waals surface area contributed by atoms with Crippen LogP contribution in [0.3, 0.4) is 0 Å². The first-order valence-corrected chi connectivity index (χ1v) is 9.48. The topological polar surface area (TPSA) is 74.5 Å². The summed E-state index contributed by atoms with van der Waals surface area (Å²) in [5.41, 5.74) is 2.56. The zero-order valence-electron chi connectivity index (χ0n) is 15.2. The fourth-order valence-corrected chi connectivity index (χ4v) is 3.09. The van der Waals surface area contributed by atoms with Crippen LogP contribution in [-0.2, 0) is 0 Å². The molecule has 1 aromatic heterocycles. The lowest BCUT2D eigenvalue weighted by Crippen LogP contribution is -2.03. The zero-order valence-corrected chi connectivity index (χ0v) is 16.0. The molecule has 1 heterocycles. The molecule has 0 saturated heterocycles. The Morgan fingerprint density at radius 1 is 1.15 bits per heavy atom. The minimum absolute atomic E-state index is 0.452. The Kier molecular flexibility index (Phi) is 6.49. The quantitative estimate of drug-likeness (QED) is 0.307. The van der Waals surface area contributed by atoms with Crippen molar-refractivity contribution in [2.75, 3.05) is 19.5 Å². The Labute approximate surface area is 161 Å². The monoisotopic (exact) mass is 384 g/mol. The van der Waals surface area contributed by atoms with Gasteiger partial charge in [-0.25, -0.2) is 0 Å². The van der Waals surface area contributed by atoms with Gasteiger partial charge in [0.1, 0.15) is 0 Å². The normalized spacial score (nSPS) is 10.6. The molecule has 0 fully saturated rings. The molecular formula is C20H20N2O4S. The van der Waals surface area contributed by atoms with Crippen molar-refractivity contribution >= 4 is 18.0 Å². The molecule has 0 aliphatic carbocycles. The second kappa shape index (κ2) is 9.23. The van der Waals surface area contributed by atoms with Gasteiger partial charge in [0, 0.05) is 11.3 Å². The van der Waals surface area contributed by atoms with E-state index in [0.29, 0.717) is 34.8 Å². The van der Waals surface area contributed by atoms with Crippen molar-refractivity contribution in [3.8, 4) is 23.0 Å². The number of carbonyl (C=O) groups is 1. The van der Waals surface area contributed by atoms with Crippen molar-refractivity contribution in [3.63, 3.8) is 0 Å². The van der Waals surface area contributed by atoms with Crippen LogP contribution in [-0.4, -0.2) is 36.0 Å². The lowest BCUT2D eigenvalue weighted by Gasteiger charge is -2.12. The van der Waals surface area contributed by atoms with Gasteiger partial charge in [-0.2, -0.15) is 0 Å². The summed E-state index contributed by atoms with van der Waals surface area (Å²) in [6, 6.07) is 13.2. The van der Waals surface area contributed by atoms with Crippen molar-refractivity contribution < 1.29 is 18.7 Å². The number of rotatable bonds is 9. The van der Waals surface area contributed by atoms with Crippen LogP contribution in [0.15, 0.2) is 52.1 Å². The standard InChI is InChI=1S/C20H20N2O4S/c1-14-7-9-15(10-8-14)19-21-22-20(26-19)27-12-4-11-25-18-16(13-23)5-3-6-17(18)24-2/h3,5-10,13H,4,11-12H2,1-2H3. The third kappa shape index (κ3) is 4.89. The molecule has 0 radical (unpaired) electrons. The number of thioether (sulfide) groups is 1. The van der Waals surface area contributed by atoms with Crippen LogP contribution < -0.4 is 9.47 Å². The van der Waals surface area contributed by atoms with Gasteiger partial charge in [-0.1, -0.05) is 35.5 Å². The van der Waals surface area contributed by atoms with Crippen molar-refractivity contribution in [1.29, 1.82) is 0 Å². The number of carbonyl (C=O) groups excluding carboxylic acids is 1. The molecular weight excluding hydrogens is 364 g/mol. The lowest BCUT2D eigenvalue weighted by atomic mass is 10.1.